The summed E-state index contributed by atoms with van der Waals surface area (Å²) in [5, 5.41) is 0. The van der Waals surface area contributed by atoms with E-state index in [1.807, 2.05) is 71.4 Å². The summed E-state index contributed by atoms with van der Waals surface area (Å²) < 4.78 is 12.3. The maximum absolute atomic E-state index is 13.1. The molecule has 2 aromatic rings. The highest BCUT2D eigenvalue weighted by Gasteiger charge is 2.43. The molecule has 0 unspecified atom stereocenters. The van der Waals surface area contributed by atoms with Crippen LogP contribution in [0, 0.1) is 0 Å². The van der Waals surface area contributed by atoms with Crippen molar-refractivity contribution in [1.29, 1.82) is 0 Å². The molecule has 2 aliphatic rings. The van der Waals surface area contributed by atoms with Crippen molar-refractivity contribution >= 4 is 11.8 Å². The summed E-state index contributed by atoms with van der Waals surface area (Å²) in [6, 6.07) is 17.6. The van der Waals surface area contributed by atoms with E-state index < -0.39 is 5.60 Å². The van der Waals surface area contributed by atoms with Crippen LogP contribution in [0.25, 0.3) is 0 Å². The van der Waals surface area contributed by atoms with Crippen molar-refractivity contribution in [2.45, 2.75) is 50.8 Å². The Labute approximate surface area is 183 Å². The number of amides is 2. The van der Waals surface area contributed by atoms with E-state index in [1.165, 1.54) is 0 Å². The Morgan fingerprint density at radius 2 is 1.77 bits per heavy atom. The molecule has 0 saturated heterocycles. The lowest BCUT2D eigenvalue weighted by Gasteiger charge is -2.43. The summed E-state index contributed by atoms with van der Waals surface area (Å²) in [5.41, 5.74) is 0.568. The lowest BCUT2D eigenvalue weighted by Crippen LogP contribution is -2.53. The molecule has 1 aliphatic heterocycles. The number of nitrogens with zero attached hydrogens (tertiary/aromatic N) is 2. The fourth-order valence-corrected chi connectivity index (χ4v) is 4.57. The van der Waals surface area contributed by atoms with Crippen molar-refractivity contribution in [3.8, 4) is 11.5 Å². The van der Waals surface area contributed by atoms with Crippen LogP contribution in [0.4, 0.5) is 0 Å². The molecule has 0 atom stereocenters. The van der Waals surface area contributed by atoms with Crippen molar-refractivity contribution in [3.63, 3.8) is 0 Å². The van der Waals surface area contributed by atoms with Crippen molar-refractivity contribution in [2.75, 3.05) is 20.2 Å². The first-order chi connectivity index (χ1) is 15.0. The van der Waals surface area contributed by atoms with E-state index in [9.17, 15) is 9.59 Å². The first-order valence-electron chi connectivity index (χ1n) is 10.9. The van der Waals surface area contributed by atoms with Gasteiger partial charge in [-0.05, 0) is 43.9 Å². The number of hydrogen-bond acceptors (Lipinski definition) is 4. The quantitative estimate of drug-likeness (QED) is 0.755. The van der Waals surface area contributed by atoms with E-state index in [2.05, 4.69) is 0 Å². The van der Waals surface area contributed by atoms with Crippen LogP contribution in [0.2, 0.25) is 0 Å². The van der Waals surface area contributed by atoms with Crippen LogP contribution >= 0.6 is 0 Å². The minimum Gasteiger partial charge on any atom is -0.485 e. The second-order valence-electron chi connectivity index (χ2n) is 8.61. The molecule has 164 valence electrons. The van der Waals surface area contributed by atoms with E-state index in [0.717, 1.165) is 37.0 Å². The van der Waals surface area contributed by atoms with Crippen LogP contribution in [0.3, 0.4) is 0 Å². The molecular formula is C25H30N2O4. The zero-order valence-corrected chi connectivity index (χ0v) is 18.3. The lowest BCUT2D eigenvalue weighted by molar-refractivity contribution is -0.137. The van der Waals surface area contributed by atoms with Gasteiger partial charge in [-0.25, -0.2) is 0 Å². The third-order valence-electron chi connectivity index (χ3n) is 6.51. The molecule has 6 nitrogen and oxygen atoms in total. The van der Waals surface area contributed by atoms with Gasteiger partial charge in [-0.1, -0.05) is 36.4 Å². The molecule has 0 bridgehead atoms. The monoisotopic (exact) mass is 422 g/mol. The number of carbonyl (C=O) groups is 2. The number of fused-ring (bicyclic) bond motifs is 1. The number of para-hydroxylation sites is 2. The average Bonchev–Trinajstić information content (AvgIpc) is 2.95. The predicted octanol–water partition coefficient (Wildman–Crippen LogP) is 3.65. The maximum Gasteiger partial charge on any atom is 0.260 e. The van der Waals surface area contributed by atoms with Crippen LogP contribution in [-0.2, 0) is 16.1 Å². The molecule has 1 saturated carbocycles. The zero-order chi connectivity index (χ0) is 21.8. The highest BCUT2D eigenvalue weighted by Crippen LogP contribution is 2.39. The van der Waals surface area contributed by atoms with Crippen molar-refractivity contribution < 1.29 is 19.1 Å². The third-order valence-corrected chi connectivity index (χ3v) is 6.51. The Hall–Kier alpha value is -3.02. The second kappa shape index (κ2) is 9.00. The molecule has 0 aromatic heterocycles. The molecular weight excluding hydrogens is 392 g/mol. The summed E-state index contributed by atoms with van der Waals surface area (Å²) in [7, 11) is 1.87. The first kappa shape index (κ1) is 21.2. The van der Waals surface area contributed by atoms with E-state index in [-0.39, 0.29) is 24.5 Å². The number of carbonyl (C=O) groups excluding carboxylic acids is 2. The molecule has 2 amide bonds. The second-order valence-corrected chi connectivity index (χ2v) is 8.61. The average molecular weight is 423 g/mol. The first-order valence-corrected chi connectivity index (χ1v) is 10.9. The Morgan fingerprint density at radius 1 is 1.10 bits per heavy atom. The SMILES string of the molecule is CC(=O)N(C)C1CCC2(CC1)CN(C(=O)COc1ccccc1)Cc1ccccc1O2. The van der Waals surface area contributed by atoms with Gasteiger partial charge in [0.05, 0.1) is 6.54 Å². The Morgan fingerprint density at radius 3 is 2.48 bits per heavy atom. The van der Waals surface area contributed by atoms with E-state index >= 15 is 0 Å². The Balaban J connectivity index is 1.51. The summed E-state index contributed by atoms with van der Waals surface area (Å²) in [6.45, 7) is 2.63. The van der Waals surface area contributed by atoms with E-state index in [4.69, 9.17) is 9.47 Å². The van der Waals surface area contributed by atoms with Crippen LogP contribution in [0.5, 0.6) is 11.5 Å². The smallest absolute Gasteiger partial charge is 0.260 e. The molecule has 1 fully saturated rings. The zero-order valence-electron chi connectivity index (χ0n) is 18.3. The summed E-state index contributed by atoms with van der Waals surface area (Å²) in [4.78, 5) is 28.6. The highest BCUT2D eigenvalue weighted by molar-refractivity contribution is 5.78. The van der Waals surface area contributed by atoms with Gasteiger partial charge in [0, 0.05) is 32.1 Å². The Bertz CT molecular complexity index is 922. The third kappa shape index (κ3) is 4.84. The minimum atomic E-state index is -0.441. The fourth-order valence-electron chi connectivity index (χ4n) is 4.57. The maximum atomic E-state index is 13.1. The van der Waals surface area contributed by atoms with Gasteiger partial charge in [-0.15, -0.1) is 0 Å². The summed E-state index contributed by atoms with van der Waals surface area (Å²) in [5.74, 6) is 1.57. The van der Waals surface area contributed by atoms with Gasteiger partial charge in [0.25, 0.3) is 5.91 Å². The van der Waals surface area contributed by atoms with Gasteiger partial charge in [0.1, 0.15) is 17.1 Å². The number of hydrogen-bond donors (Lipinski definition) is 0. The minimum absolute atomic E-state index is 0.00202. The molecule has 1 heterocycles. The van der Waals surface area contributed by atoms with Crippen LogP contribution in [-0.4, -0.2) is 53.5 Å². The molecule has 0 N–H and O–H groups in total. The van der Waals surface area contributed by atoms with Crippen LogP contribution in [0.1, 0.15) is 38.2 Å². The van der Waals surface area contributed by atoms with Gasteiger partial charge in [-0.2, -0.15) is 0 Å². The molecule has 1 spiro atoms. The van der Waals surface area contributed by atoms with Crippen molar-refractivity contribution in [3.05, 3.63) is 60.2 Å². The predicted molar refractivity (Wildman–Crippen MR) is 118 cm³/mol. The number of rotatable bonds is 4. The molecule has 2 aromatic carbocycles. The van der Waals surface area contributed by atoms with Gasteiger partial charge in [-0.3, -0.25) is 9.59 Å². The van der Waals surface area contributed by atoms with Crippen molar-refractivity contribution in [1.82, 2.24) is 9.80 Å². The Kier molecular flexibility index (Phi) is 6.16. The molecule has 0 radical (unpaired) electrons. The number of benzene rings is 2. The summed E-state index contributed by atoms with van der Waals surface area (Å²) >= 11 is 0. The number of ether oxygens (including phenoxy) is 2. The molecule has 4 rings (SSSR count). The van der Waals surface area contributed by atoms with Crippen LogP contribution in [0.15, 0.2) is 54.6 Å². The van der Waals surface area contributed by atoms with Crippen molar-refractivity contribution in [2.24, 2.45) is 0 Å². The topological polar surface area (TPSA) is 59.1 Å². The largest absolute Gasteiger partial charge is 0.485 e. The van der Waals surface area contributed by atoms with Gasteiger partial charge < -0.3 is 19.3 Å². The molecule has 31 heavy (non-hydrogen) atoms. The molecule has 1 aliphatic carbocycles. The van der Waals surface area contributed by atoms with Gasteiger partial charge in [0.2, 0.25) is 5.91 Å². The normalized spacial score (nSPS) is 22.8. The lowest BCUT2D eigenvalue weighted by atomic mass is 9.81. The standard InChI is InChI=1S/C25H30N2O4/c1-19(28)26(2)21-12-14-25(15-13-21)18-27(16-20-8-6-7-11-23(20)31-25)24(29)17-30-22-9-4-3-5-10-22/h3-11,21H,12-18H2,1-2H3. The van der Waals surface area contributed by atoms with Gasteiger partial charge >= 0.3 is 0 Å². The highest BCUT2D eigenvalue weighted by atomic mass is 16.5. The summed E-state index contributed by atoms with van der Waals surface area (Å²) in [6.07, 6.45) is 3.32. The van der Waals surface area contributed by atoms with Gasteiger partial charge in [0.15, 0.2) is 6.61 Å². The molecule has 6 heteroatoms. The van der Waals surface area contributed by atoms with E-state index in [1.54, 1.807) is 6.92 Å². The van der Waals surface area contributed by atoms with Crippen LogP contribution < -0.4 is 9.47 Å². The fraction of sp³-hybridized carbons (Fsp3) is 0.440. The van der Waals surface area contributed by atoms with E-state index in [0.29, 0.717) is 18.8 Å².